The molecule has 2 aromatic heterocycles. The topological polar surface area (TPSA) is 43.6 Å². The Hall–Kier alpha value is -3.60. The highest BCUT2D eigenvalue weighted by atomic mass is 19.1. The maximum absolute atomic E-state index is 13.4. The van der Waals surface area contributed by atoms with Crippen molar-refractivity contribution in [3.05, 3.63) is 84.2 Å². The molecule has 0 bridgehead atoms. The van der Waals surface area contributed by atoms with Crippen molar-refractivity contribution in [3.63, 3.8) is 0 Å². The molecule has 0 aliphatic heterocycles. The van der Waals surface area contributed by atoms with Crippen molar-refractivity contribution < 1.29 is 4.39 Å². The predicted molar refractivity (Wildman–Crippen MR) is 104 cm³/mol. The molecule has 5 rings (SSSR count). The van der Waals surface area contributed by atoms with E-state index in [1.54, 1.807) is 12.1 Å². The van der Waals surface area contributed by atoms with Crippen LogP contribution in [-0.4, -0.2) is 19.5 Å². The van der Waals surface area contributed by atoms with E-state index in [2.05, 4.69) is 11.1 Å². The van der Waals surface area contributed by atoms with E-state index < -0.39 is 0 Å². The van der Waals surface area contributed by atoms with E-state index in [1.165, 1.54) is 12.1 Å². The van der Waals surface area contributed by atoms with Gasteiger partial charge in [-0.3, -0.25) is 4.57 Å². The van der Waals surface area contributed by atoms with Gasteiger partial charge < -0.3 is 0 Å². The van der Waals surface area contributed by atoms with Crippen molar-refractivity contribution in [1.82, 2.24) is 19.5 Å². The van der Waals surface area contributed by atoms with Gasteiger partial charge in [0.25, 0.3) is 0 Å². The number of halogens is 1. The largest absolute Gasteiger partial charge is 0.275 e. The molecule has 3 aromatic carbocycles. The number of hydrogen-bond acceptors (Lipinski definition) is 3. The molecule has 27 heavy (non-hydrogen) atoms. The van der Waals surface area contributed by atoms with Gasteiger partial charge in [0.1, 0.15) is 11.6 Å². The molecule has 130 valence electrons. The van der Waals surface area contributed by atoms with Crippen molar-refractivity contribution in [1.29, 1.82) is 0 Å². The van der Waals surface area contributed by atoms with Gasteiger partial charge >= 0.3 is 0 Å². The van der Waals surface area contributed by atoms with E-state index >= 15 is 0 Å². The van der Waals surface area contributed by atoms with E-state index in [0.29, 0.717) is 17.1 Å². The van der Waals surface area contributed by atoms with Gasteiger partial charge in [-0.25, -0.2) is 19.3 Å². The highest BCUT2D eigenvalue weighted by Crippen LogP contribution is 2.28. The van der Waals surface area contributed by atoms with Crippen molar-refractivity contribution in [2.75, 3.05) is 0 Å². The van der Waals surface area contributed by atoms with E-state index in [0.717, 1.165) is 27.8 Å². The number of aryl methyl sites for hydroxylation is 1. The van der Waals surface area contributed by atoms with Crippen LogP contribution in [0, 0.1) is 12.7 Å². The Kier molecular flexibility index (Phi) is 3.47. The Morgan fingerprint density at radius 2 is 1.52 bits per heavy atom. The number of aromatic nitrogens is 4. The van der Waals surface area contributed by atoms with Crippen molar-refractivity contribution >= 4 is 22.3 Å². The number of rotatable bonds is 2. The quantitative estimate of drug-likeness (QED) is 0.444. The third-order valence-electron chi connectivity index (χ3n) is 4.53. The fraction of sp³-hybridized carbons (Fsp3) is 0.0455. The molecule has 0 aliphatic carbocycles. The average Bonchev–Trinajstić information content (AvgIpc) is 3.05. The van der Waals surface area contributed by atoms with E-state index in [1.807, 2.05) is 54.0 Å². The summed E-state index contributed by atoms with van der Waals surface area (Å²) in [5, 5.41) is 0. The van der Waals surface area contributed by atoms with Crippen molar-refractivity contribution in [2.45, 2.75) is 6.92 Å². The normalized spacial score (nSPS) is 11.3. The Bertz CT molecular complexity index is 1290. The number of imidazole rings is 1. The van der Waals surface area contributed by atoms with Gasteiger partial charge in [-0.05, 0) is 61.0 Å². The molecule has 5 heteroatoms. The second kappa shape index (κ2) is 5.99. The summed E-state index contributed by atoms with van der Waals surface area (Å²) in [6.45, 7) is 2.04. The van der Waals surface area contributed by atoms with Crippen LogP contribution in [0.1, 0.15) is 5.56 Å². The van der Waals surface area contributed by atoms with Crippen LogP contribution >= 0.6 is 0 Å². The van der Waals surface area contributed by atoms with Gasteiger partial charge in [-0.1, -0.05) is 24.3 Å². The molecule has 0 saturated carbocycles. The Balaban J connectivity index is 1.88. The third-order valence-corrected chi connectivity index (χ3v) is 4.53. The zero-order valence-electron chi connectivity index (χ0n) is 14.6. The van der Waals surface area contributed by atoms with E-state index in [9.17, 15) is 4.39 Å². The molecular formula is C22H15FN4. The zero-order valence-corrected chi connectivity index (χ0v) is 14.6. The summed E-state index contributed by atoms with van der Waals surface area (Å²) in [6, 6.07) is 22.2. The maximum atomic E-state index is 13.4. The Labute approximate surface area is 155 Å². The summed E-state index contributed by atoms with van der Waals surface area (Å²) in [4.78, 5) is 14.2. The van der Waals surface area contributed by atoms with Crippen LogP contribution in [0.25, 0.3) is 39.4 Å². The molecule has 0 N–H and O–H groups in total. The number of fused-ring (bicyclic) bond motifs is 2. The van der Waals surface area contributed by atoms with Crippen molar-refractivity contribution in [3.8, 4) is 17.1 Å². The fourth-order valence-electron chi connectivity index (χ4n) is 3.26. The first-order chi connectivity index (χ1) is 13.2. The number of hydrogen-bond donors (Lipinski definition) is 0. The minimum absolute atomic E-state index is 0.279. The lowest BCUT2D eigenvalue weighted by atomic mass is 10.2. The number of nitrogens with zero attached hydrogens (tertiary/aromatic N) is 4. The monoisotopic (exact) mass is 354 g/mol. The van der Waals surface area contributed by atoms with Gasteiger partial charge in [0.2, 0.25) is 0 Å². The summed E-state index contributed by atoms with van der Waals surface area (Å²) >= 11 is 0. The second-order valence-corrected chi connectivity index (χ2v) is 6.48. The van der Waals surface area contributed by atoms with E-state index in [-0.39, 0.29) is 5.82 Å². The molecule has 5 aromatic rings. The minimum Gasteiger partial charge on any atom is -0.275 e. The summed E-state index contributed by atoms with van der Waals surface area (Å²) in [6.07, 6.45) is 0. The molecule has 2 heterocycles. The molecule has 0 atom stereocenters. The number of benzene rings is 3. The lowest BCUT2D eigenvalue weighted by Crippen LogP contribution is -1.99. The molecule has 0 aliphatic rings. The van der Waals surface area contributed by atoms with Crippen LogP contribution in [0.15, 0.2) is 72.8 Å². The number of para-hydroxylation sites is 2. The third kappa shape index (κ3) is 2.64. The van der Waals surface area contributed by atoms with E-state index in [4.69, 9.17) is 9.97 Å². The minimum atomic E-state index is -0.279. The van der Waals surface area contributed by atoms with Gasteiger partial charge in [-0.2, -0.15) is 0 Å². The summed E-state index contributed by atoms with van der Waals surface area (Å²) in [5.74, 6) is 0.407. The first-order valence-electron chi connectivity index (χ1n) is 8.67. The Morgan fingerprint density at radius 1 is 0.778 bits per heavy atom. The van der Waals surface area contributed by atoms with Crippen molar-refractivity contribution in [2.24, 2.45) is 0 Å². The van der Waals surface area contributed by atoms with Gasteiger partial charge in [0, 0.05) is 11.3 Å². The highest BCUT2D eigenvalue weighted by molar-refractivity contribution is 5.86. The molecule has 0 unspecified atom stereocenters. The second-order valence-electron chi connectivity index (χ2n) is 6.48. The predicted octanol–water partition coefficient (Wildman–Crippen LogP) is 5.08. The highest BCUT2D eigenvalue weighted by Gasteiger charge is 2.17. The fourth-order valence-corrected chi connectivity index (χ4v) is 3.26. The van der Waals surface area contributed by atoms with Crippen LogP contribution in [0.4, 0.5) is 4.39 Å². The van der Waals surface area contributed by atoms with Gasteiger partial charge in [0.05, 0.1) is 11.0 Å². The average molecular weight is 354 g/mol. The van der Waals surface area contributed by atoms with Crippen LogP contribution < -0.4 is 0 Å². The lowest BCUT2D eigenvalue weighted by Gasteiger charge is -2.10. The molecule has 0 radical (unpaired) electrons. The van der Waals surface area contributed by atoms with Crippen LogP contribution in [-0.2, 0) is 0 Å². The van der Waals surface area contributed by atoms with Gasteiger partial charge in [0.15, 0.2) is 11.3 Å². The van der Waals surface area contributed by atoms with Crippen LogP contribution in [0.5, 0.6) is 0 Å². The van der Waals surface area contributed by atoms with Crippen LogP contribution in [0.2, 0.25) is 0 Å². The summed E-state index contributed by atoms with van der Waals surface area (Å²) in [7, 11) is 0. The first kappa shape index (κ1) is 15.6. The summed E-state index contributed by atoms with van der Waals surface area (Å²) in [5.41, 5.74) is 5.73. The first-order valence-corrected chi connectivity index (χ1v) is 8.67. The molecule has 4 nitrogen and oxygen atoms in total. The summed E-state index contributed by atoms with van der Waals surface area (Å²) < 4.78 is 15.4. The van der Waals surface area contributed by atoms with Gasteiger partial charge in [-0.15, -0.1) is 0 Å². The van der Waals surface area contributed by atoms with Crippen LogP contribution in [0.3, 0.4) is 0 Å². The molecule has 0 amide bonds. The molecule has 0 spiro atoms. The molecule has 0 fully saturated rings. The Morgan fingerprint density at radius 3 is 2.26 bits per heavy atom. The smallest absolute Gasteiger partial charge is 0.199 e. The standard InChI is InChI=1S/C22H15FN4/c1-14-5-4-6-17(13-14)27-21(15-9-11-16(23)12-10-15)26-20-22(27)25-19-8-3-2-7-18(19)24-20/h2-13H,1H3. The molecular weight excluding hydrogens is 339 g/mol. The zero-order chi connectivity index (χ0) is 18.4. The lowest BCUT2D eigenvalue weighted by molar-refractivity contribution is 0.628. The molecule has 0 saturated heterocycles. The SMILES string of the molecule is Cc1cccc(-n2c(-c3ccc(F)cc3)nc3nc4ccccc4nc32)c1. The maximum Gasteiger partial charge on any atom is 0.199 e.